The van der Waals surface area contributed by atoms with Crippen LogP contribution in [0.3, 0.4) is 0 Å². The summed E-state index contributed by atoms with van der Waals surface area (Å²) >= 11 is 0. The summed E-state index contributed by atoms with van der Waals surface area (Å²) in [7, 11) is 0. The van der Waals surface area contributed by atoms with Crippen molar-refractivity contribution in [1.29, 1.82) is 0 Å². The average Bonchev–Trinajstić information content (AvgIpc) is 2.35. The molecule has 0 aromatic heterocycles. The second-order valence-electron chi connectivity index (χ2n) is 6.51. The lowest BCUT2D eigenvalue weighted by molar-refractivity contribution is 0.0707. The van der Waals surface area contributed by atoms with Gasteiger partial charge in [0.05, 0.1) is 12.6 Å². The fourth-order valence-electron chi connectivity index (χ4n) is 3.09. The van der Waals surface area contributed by atoms with Crippen LogP contribution in [0.5, 0.6) is 0 Å². The van der Waals surface area contributed by atoms with Gasteiger partial charge >= 0.3 is 0 Å². The van der Waals surface area contributed by atoms with Gasteiger partial charge in [-0.05, 0) is 31.1 Å². The van der Waals surface area contributed by atoms with E-state index in [2.05, 4.69) is 24.1 Å². The van der Waals surface area contributed by atoms with E-state index < -0.39 is 6.43 Å². The highest BCUT2D eigenvalue weighted by Crippen LogP contribution is 2.23. The quantitative estimate of drug-likeness (QED) is 0.721. The zero-order valence-corrected chi connectivity index (χ0v) is 13.0. The van der Waals surface area contributed by atoms with E-state index in [-0.39, 0.29) is 18.7 Å². The first kappa shape index (κ1) is 17.8. The predicted molar refractivity (Wildman–Crippen MR) is 78.1 cm³/mol. The molecule has 0 radical (unpaired) electrons. The molecule has 0 amide bonds. The summed E-state index contributed by atoms with van der Waals surface area (Å²) in [6.45, 7) is 8.89. The van der Waals surface area contributed by atoms with E-state index in [1.54, 1.807) is 0 Å². The number of nitrogens with zero attached hydrogens (tertiary/aromatic N) is 1. The van der Waals surface area contributed by atoms with Crippen molar-refractivity contribution in [2.45, 2.75) is 58.6 Å². The molecule has 0 bridgehead atoms. The van der Waals surface area contributed by atoms with Crippen LogP contribution in [0.25, 0.3) is 0 Å². The molecule has 0 aromatic rings. The molecule has 3 unspecified atom stereocenters. The maximum Gasteiger partial charge on any atom is 0.250 e. The molecule has 0 saturated carbocycles. The Balaban J connectivity index is 2.52. The Morgan fingerprint density at radius 3 is 2.55 bits per heavy atom. The summed E-state index contributed by atoms with van der Waals surface area (Å²) < 4.78 is 24.7. The minimum absolute atomic E-state index is 0.116. The summed E-state index contributed by atoms with van der Waals surface area (Å²) in [5.74, 6) is 0.966. The van der Waals surface area contributed by atoms with E-state index in [0.717, 1.165) is 38.9 Å². The molecule has 1 heterocycles. The van der Waals surface area contributed by atoms with Gasteiger partial charge in [-0.15, -0.1) is 0 Å². The smallest absolute Gasteiger partial charge is 0.250 e. The Hall–Kier alpha value is -0.260. The Morgan fingerprint density at radius 1 is 1.30 bits per heavy atom. The van der Waals surface area contributed by atoms with Gasteiger partial charge in [0, 0.05) is 25.7 Å². The third kappa shape index (κ3) is 6.95. The summed E-state index contributed by atoms with van der Waals surface area (Å²) in [6, 6.07) is 0.116. The lowest BCUT2D eigenvalue weighted by atomic mass is 9.88. The Bertz CT molecular complexity index is 264. The Labute approximate surface area is 121 Å². The van der Waals surface area contributed by atoms with Crippen LogP contribution in [0.15, 0.2) is 0 Å². The standard InChI is InChI=1S/C15H30F2N2O/c1-4-14(20)6-12-5-13(18-7-15(16)17)10-19(9-12)8-11(2)3/h11-15,18,20H,4-10H2,1-3H3. The first-order valence-electron chi connectivity index (χ1n) is 7.82. The second-order valence-corrected chi connectivity index (χ2v) is 6.51. The number of rotatable bonds is 8. The van der Waals surface area contributed by atoms with Gasteiger partial charge in [-0.2, -0.15) is 0 Å². The van der Waals surface area contributed by atoms with Gasteiger partial charge in [0.15, 0.2) is 0 Å². The number of hydrogen-bond donors (Lipinski definition) is 2. The predicted octanol–water partition coefficient (Wildman–Crippen LogP) is 2.35. The van der Waals surface area contributed by atoms with Crippen LogP contribution < -0.4 is 5.32 Å². The number of hydrogen-bond acceptors (Lipinski definition) is 3. The topological polar surface area (TPSA) is 35.5 Å². The highest BCUT2D eigenvalue weighted by atomic mass is 19.3. The van der Waals surface area contributed by atoms with Gasteiger partial charge in [-0.25, -0.2) is 8.78 Å². The van der Waals surface area contributed by atoms with Crippen LogP contribution in [0, 0.1) is 11.8 Å². The van der Waals surface area contributed by atoms with Crippen LogP contribution in [0.2, 0.25) is 0 Å². The Morgan fingerprint density at radius 2 is 2.00 bits per heavy atom. The zero-order chi connectivity index (χ0) is 15.1. The highest BCUT2D eigenvalue weighted by molar-refractivity contribution is 4.85. The number of halogens is 2. The first-order valence-corrected chi connectivity index (χ1v) is 7.82. The van der Waals surface area contributed by atoms with E-state index in [9.17, 15) is 13.9 Å². The van der Waals surface area contributed by atoms with Gasteiger partial charge in [-0.1, -0.05) is 20.8 Å². The largest absolute Gasteiger partial charge is 0.393 e. The zero-order valence-electron chi connectivity index (χ0n) is 13.0. The number of aliphatic hydroxyl groups is 1. The van der Waals surface area contributed by atoms with Crippen LogP contribution in [0.4, 0.5) is 8.78 Å². The fraction of sp³-hybridized carbons (Fsp3) is 1.00. The number of aliphatic hydroxyl groups excluding tert-OH is 1. The van der Waals surface area contributed by atoms with E-state index in [4.69, 9.17) is 0 Å². The third-order valence-electron chi connectivity index (χ3n) is 3.87. The van der Waals surface area contributed by atoms with Gasteiger partial charge < -0.3 is 15.3 Å². The van der Waals surface area contributed by atoms with Crippen molar-refractivity contribution in [1.82, 2.24) is 10.2 Å². The van der Waals surface area contributed by atoms with Crippen molar-refractivity contribution in [3.8, 4) is 0 Å². The summed E-state index contributed by atoms with van der Waals surface area (Å²) in [4.78, 5) is 2.35. The van der Waals surface area contributed by atoms with E-state index >= 15 is 0 Å². The third-order valence-corrected chi connectivity index (χ3v) is 3.87. The first-order chi connectivity index (χ1) is 9.40. The number of likely N-dealkylation sites (tertiary alicyclic amines) is 1. The molecule has 0 aromatic carbocycles. The van der Waals surface area contributed by atoms with Crippen LogP contribution in [-0.4, -0.2) is 54.8 Å². The maximum atomic E-state index is 12.3. The lowest BCUT2D eigenvalue weighted by Crippen LogP contribution is -2.51. The highest BCUT2D eigenvalue weighted by Gasteiger charge is 2.28. The van der Waals surface area contributed by atoms with Crippen molar-refractivity contribution >= 4 is 0 Å². The molecule has 3 nitrogen and oxygen atoms in total. The monoisotopic (exact) mass is 292 g/mol. The van der Waals surface area contributed by atoms with Crippen LogP contribution >= 0.6 is 0 Å². The van der Waals surface area contributed by atoms with Crippen molar-refractivity contribution in [3.05, 3.63) is 0 Å². The van der Waals surface area contributed by atoms with Gasteiger partial charge in [0.25, 0.3) is 6.43 Å². The molecule has 20 heavy (non-hydrogen) atoms. The van der Waals surface area contributed by atoms with Gasteiger partial charge in [0.2, 0.25) is 0 Å². The van der Waals surface area contributed by atoms with Crippen molar-refractivity contribution < 1.29 is 13.9 Å². The lowest BCUT2D eigenvalue weighted by Gasteiger charge is -2.39. The molecule has 1 saturated heterocycles. The molecular weight excluding hydrogens is 262 g/mol. The molecule has 0 aliphatic carbocycles. The minimum atomic E-state index is -2.30. The molecule has 1 fully saturated rings. The normalized spacial score (nSPS) is 26.4. The molecule has 1 aliphatic heterocycles. The fourth-order valence-corrected chi connectivity index (χ4v) is 3.09. The molecular formula is C15H30F2N2O. The summed E-state index contributed by atoms with van der Waals surface area (Å²) in [5.41, 5.74) is 0. The average molecular weight is 292 g/mol. The second kappa shape index (κ2) is 8.90. The molecule has 3 atom stereocenters. The van der Waals surface area contributed by atoms with Crippen molar-refractivity contribution in [2.75, 3.05) is 26.2 Å². The number of alkyl halides is 2. The van der Waals surface area contributed by atoms with E-state index in [0.29, 0.717) is 11.8 Å². The van der Waals surface area contributed by atoms with Crippen molar-refractivity contribution in [2.24, 2.45) is 11.8 Å². The molecule has 1 aliphatic rings. The molecule has 1 rings (SSSR count). The Kier molecular flexibility index (Phi) is 7.92. The molecule has 5 heteroatoms. The SMILES string of the molecule is CCC(O)CC1CC(NCC(F)F)CN(CC(C)C)C1. The molecule has 2 N–H and O–H groups in total. The van der Waals surface area contributed by atoms with Crippen molar-refractivity contribution in [3.63, 3.8) is 0 Å². The molecule has 0 spiro atoms. The summed E-state index contributed by atoms with van der Waals surface area (Å²) in [5, 5.41) is 12.8. The van der Waals surface area contributed by atoms with E-state index in [1.807, 2.05) is 6.92 Å². The van der Waals surface area contributed by atoms with Gasteiger partial charge in [-0.3, -0.25) is 0 Å². The van der Waals surface area contributed by atoms with E-state index in [1.165, 1.54) is 0 Å². The number of piperidine rings is 1. The molecule has 120 valence electrons. The van der Waals surface area contributed by atoms with Crippen LogP contribution in [0.1, 0.15) is 40.0 Å². The summed E-state index contributed by atoms with van der Waals surface area (Å²) in [6.07, 6.45) is -0.142. The van der Waals surface area contributed by atoms with Gasteiger partial charge in [0.1, 0.15) is 0 Å². The van der Waals surface area contributed by atoms with Crippen LogP contribution in [-0.2, 0) is 0 Å². The minimum Gasteiger partial charge on any atom is -0.393 e. The number of nitrogens with one attached hydrogen (secondary N) is 1. The maximum absolute atomic E-state index is 12.3.